The van der Waals surface area contributed by atoms with Crippen molar-refractivity contribution >= 4 is 23.4 Å². The van der Waals surface area contributed by atoms with Crippen LogP contribution in [0.25, 0.3) is 0 Å². The summed E-state index contributed by atoms with van der Waals surface area (Å²) in [5, 5.41) is 2.69. The van der Waals surface area contributed by atoms with Gasteiger partial charge in [-0.3, -0.25) is 19.4 Å². The van der Waals surface area contributed by atoms with E-state index in [9.17, 15) is 14.4 Å². The summed E-state index contributed by atoms with van der Waals surface area (Å²) < 4.78 is 0. The Morgan fingerprint density at radius 3 is 2.15 bits per heavy atom. The zero-order chi connectivity index (χ0) is 19.2. The maximum Gasteiger partial charge on any atom is 0.254 e. The van der Waals surface area contributed by atoms with Gasteiger partial charge >= 0.3 is 0 Å². The smallest absolute Gasteiger partial charge is 0.254 e. The number of carbonyl (C=O) groups is 3. The van der Waals surface area contributed by atoms with Crippen LogP contribution in [0, 0.1) is 0 Å². The van der Waals surface area contributed by atoms with Gasteiger partial charge in [0.15, 0.2) is 0 Å². The second-order valence-corrected chi connectivity index (χ2v) is 6.44. The first-order chi connectivity index (χ1) is 13.0. The number of benzene rings is 1. The molecule has 1 N–H and O–H groups in total. The van der Waals surface area contributed by atoms with E-state index in [1.807, 2.05) is 0 Å². The topological polar surface area (TPSA) is 82.6 Å². The van der Waals surface area contributed by atoms with Crippen LogP contribution in [0.3, 0.4) is 0 Å². The van der Waals surface area contributed by atoms with Crippen molar-refractivity contribution in [3.8, 4) is 0 Å². The van der Waals surface area contributed by atoms with Crippen molar-refractivity contribution in [3.63, 3.8) is 0 Å². The summed E-state index contributed by atoms with van der Waals surface area (Å²) in [5.41, 5.74) is 1.72. The zero-order valence-corrected chi connectivity index (χ0v) is 15.2. The van der Waals surface area contributed by atoms with Gasteiger partial charge in [0.05, 0.1) is 0 Å². The van der Waals surface area contributed by atoms with Crippen LogP contribution < -0.4 is 5.32 Å². The monoisotopic (exact) mass is 366 g/mol. The summed E-state index contributed by atoms with van der Waals surface area (Å²) in [6.07, 6.45) is 3.92. The lowest BCUT2D eigenvalue weighted by atomic mass is 10.1. The fourth-order valence-electron chi connectivity index (χ4n) is 3.12. The Morgan fingerprint density at radius 2 is 1.52 bits per heavy atom. The average molecular weight is 366 g/mol. The molecule has 0 atom stereocenters. The average Bonchev–Trinajstić information content (AvgIpc) is 2.93. The predicted octanol–water partition coefficient (Wildman–Crippen LogP) is 2.03. The largest absolute Gasteiger partial charge is 0.337 e. The lowest BCUT2D eigenvalue weighted by molar-refractivity contribution is -0.114. The van der Waals surface area contributed by atoms with E-state index in [1.165, 1.54) is 6.92 Å². The van der Waals surface area contributed by atoms with Gasteiger partial charge in [-0.2, -0.15) is 0 Å². The van der Waals surface area contributed by atoms with E-state index in [0.717, 1.165) is 0 Å². The maximum atomic E-state index is 12.8. The summed E-state index contributed by atoms with van der Waals surface area (Å²) in [7, 11) is 0. The van der Waals surface area contributed by atoms with Crippen molar-refractivity contribution in [2.45, 2.75) is 13.3 Å². The third-order valence-electron chi connectivity index (χ3n) is 4.43. The molecule has 0 aliphatic carbocycles. The van der Waals surface area contributed by atoms with Crippen LogP contribution in [0.2, 0.25) is 0 Å². The van der Waals surface area contributed by atoms with Gasteiger partial charge in [-0.25, -0.2) is 0 Å². The highest BCUT2D eigenvalue weighted by Gasteiger charge is 2.23. The summed E-state index contributed by atoms with van der Waals surface area (Å²) in [5.74, 6) is -0.320. The second-order valence-electron chi connectivity index (χ2n) is 6.44. The Morgan fingerprint density at radius 1 is 0.889 bits per heavy atom. The SMILES string of the molecule is CC(=O)Nc1cccc(C(=O)N2CCCN(C(=O)c3ccncc3)CC2)c1. The van der Waals surface area contributed by atoms with E-state index in [2.05, 4.69) is 10.3 Å². The molecule has 1 fully saturated rings. The van der Waals surface area contributed by atoms with Crippen LogP contribution in [-0.2, 0) is 4.79 Å². The van der Waals surface area contributed by atoms with E-state index in [1.54, 1.807) is 58.6 Å². The molecule has 0 bridgehead atoms. The first-order valence-electron chi connectivity index (χ1n) is 8.91. The number of pyridine rings is 1. The molecular weight excluding hydrogens is 344 g/mol. The van der Waals surface area contributed by atoms with Crippen molar-refractivity contribution < 1.29 is 14.4 Å². The third-order valence-corrected chi connectivity index (χ3v) is 4.43. The van der Waals surface area contributed by atoms with E-state index in [0.29, 0.717) is 49.4 Å². The molecular formula is C20H22N4O3. The summed E-state index contributed by atoms with van der Waals surface area (Å²) in [4.78, 5) is 44.1. The van der Waals surface area contributed by atoms with Crippen LogP contribution in [0.15, 0.2) is 48.8 Å². The maximum absolute atomic E-state index is 12.8. The molecule has 140 valence electrons. The number of nitrogens with zero attached hydrogens (tertiary/aromatic N) is 3. The van der Waals surface area contributed by atoms with Gasteiger partial charge in [-0.05, 0) is 36.8 Å². The first-order valence-corrected chi connectivity index (χ1v) is 8.91. The van der Waals surface area contributed by atoms with Crippen LogP contribution in [-0.4, -0.2) is 58.7 Å². The van der Waals surface area contributed by atoms with E-state index >= 15 is 0 Å². The molecule has 27 heavy (non-hydrogen) atoms. The van der Waals surface area contributed by atoms with Crippen molar-refractivity contribution in [2.24, 2.45) is 0 Å². The molecule has 7 heteroatoms. The third kappa shape index (κ3) is 4.69. The minimum atomic E-state index is -0.181. The highest BCUT2D eigenvalue weighted by atomic mass is 16.2. The van der Waals surface area contributed by atoms with Crippen LogP contribution in [0.4, 0.5) is 5.69 Å². The standard InChI is InChI=1S/C20H22N4O3/c1-15(25)22-18-5-2-4-17(14-18)20(27)24-11-3-10-23(12-13-24)19(26)16-6-8-21-9-7-16/h2,4-9,14H,3,10-13H2,1H3,(H,22,25). The van der Waals surface area contributed by atoms with Crippen LogP contribution >= 0.6 is 0 Å². The quantitative estimate of drug-likeness (QED) is 0.901. The van der Waals surface area contributed by atoms with Crippen LogP contribution in [0.1, 0.15) is 34.1 Å². The highest BCUT2D eigenvalue weighted by Crippen LogP contribution is 2.15. The van der Waals surface area contributed by atoms with Gasteiger partial charge < -0.3 is 15.1 Å². The molecule has 0 radical (unpaired) electrons. The van der Waals surface area contributed by atoms with Crippen LogP contribution in [0.5, 0.6) is 0 Å². The van der Waals surface area contributed by atoms with Gasteiger partial charge in [0, 0.05) is 62.3 Å². The normalized spacial score (nSPS) is 14.4. The number of aromatic nitrogens is 1. The Hall–Kier alpha value is -3.22. The number of amides is 3. The molecule has 1 saturated heterocycles. The summed E-state index contributed by atoms with van der Waals surface area (Å²) in [6, 6.07) is 10.3. The molecule has 1 aliphatic rings. The number of hydrogen-bond donors (Lipinski definition) is 1. The molecule has 0 unspecified atom stereocenters. The van der Waals surface area contributed by atoms with E-state index < -0.39 is 0 Å². The fourth-order valence-corrected chi connectivity index (χ4v) is 3.12. The first kappa shape index (κ1) is 18.6. The van der Waals surface area contributed by atoms with Gasteiger partial charge in [-0.1, -0.05) is 6.07 Å². The minimum Gasteiger partial charge on any atom is -0.337 e. The van der Waals surface area contributed by atoms with Gasteiger partial charge in [-0.15, -0.1) is 0 Å². The van der Waals surface area contributed by atoms with Crippen molar-refractivity contribution in [1.29, 1.82) is 0 Å². The highest BCUT2D eigenvalue weighted by molar-refractivity contribution is 5.97. The van der Waals surface area contributed by atoms with Crippen molar-refractivity contribution in [2.75, 3.05) is 31.5 Å². The van der Waals surface area contributed by atoms with Gasteiger partial charge in [0.1, 0.15) is 0 Å². The van der Waals surface area contributed by atoms with Gasteiger partial charge in [0.25, 0.3) is 11.8 Å². The molecule has 0 saturated carbocycles. The molecule has 3 rings (SSSR count). The molecule has 2 aromatic rings. The zero-order valence-electron chi connectivity index (χ0n) is 15.2. The Kier molecular flexibility index (Phi) is 5.80. The predicted molar refractivity (Wildman–Crippen MR) is 101 cm³/mol. The Balaban J connectivity index is 1.66. The van der Waals surface area contributed by atoms with Gasteiger partial charge in [0.2, 0.25) is 5.91 Å². The molecule has 0 spiro atoms. The number of carbonyl (C=O) groups excluding carboxylic acids is 3. The molecule has 1 aromatic carbocycles. The lowest BCUT2D eigenvalue weighted by Crippen LogP contribution is -2.37. The molecule has 1 aromatic heterocycles. The van der Waals surface area contributed by atoms with E-state index in [4.69, 9.17) is 0 Å². The minimum absolute atomic E-state index is 0.0423. The summed E-state index contributed by atoms with van der Waals surface area (Å²) >= 11 is 0. The molecule has 1 aliphatic heterocycles. The van der Waals surface area contributed by atoms with Crippen molar-refractivity contribution in [3.05, 3.63) is 59.9 Å². The van der Waals surface area contributed by atoms with E-state index in [-0.39, 0.29) is 17.7 Å². The number of rotatable bonds is 3. The fraction of sp³-hybridized carbons (Fsp3) is 0.300. The number of nitrogens with one attached hydrogen (secondary N) is 1. The lowest BCUT2D eigenvalue weighted by Gasteiger charge is -2.22. The number of anilines is 1. The second kappa shape index (κ2) is 8.44. The number of hydrogen-bond acceptors (Lipinski definition) is 4. The Labute approximate surface area is 158 Å². The molecule has 3 amide bonds. The molecule has 2 heterocycles. The summed E-state index contributed by atoms with van der Waals surface area (Å²) in [6.45, 7) is 3.58. The molecule has 7 nitrogen and oxygen atoms in total. The Bertz CT molecular complexity index is 838. The van der Waals surface area contributed by atoms with Crippen molar-refractivity contribution in [1.82, 2.24) is 14.8 Å².